The molecule has 0 bridgehead atoms. The van der Waals surface area contributed by atoms with E-state index in [1.54, 1.807) is 24.3 Å². The van der Waals surface area contributed by atoms with Gasteiger partial charge in [-0.25, -0.2) is 9.18 Å². The van der Waals surface area contributed by atoms with Crippen LogP contribution >= 0.6 is 15.9 Å². The van der Waals surface area contributed by atoms with Gasteiger partial charge in [0.05, 0.1) is 19.9 Å². The maximum absolute atomic E-state index is 13.8. The van der Waals surface area contributed by atoms with Crippen LogP contribution in [-0.4, -0.2) is 32.2 Å². The van der Waals surface area contributed by atoms with Crippen molar-refractivity contribution in [1.82, 2.24) is 0 Å². The Morgan fingerprint density at radius 1 is 1.18 bits per heavy atom. The molecule has 0 fully saturated rings. The molecule has 148 valence electrons. The first-order valence-electron chi connectivity index (χ1n) is 8.21. The molecule has 0 spiro atoms. The van der Waals surface area contributed by atoms with Gasteiger partial charge >= 0.3 is 5.97 Å². The van der Waals surface area contributed by atoms with Crippen LogP contribution in [-0.2, 0) is 14.3 Å². The molecule has 0 aromatic heterocycles. The zero-order valence-electron chi connectivity index (χ0n) is 15.5. The van der Waals surface area contributed by atoms with E-state index in [4.69, 9.17) is 14.2 Å². The fraction of sp³-hybridized carbons (Fsp3) is 0.200. The number of anilines is 1. The largest absolute Gasteiger partial charge is 0.493 e. The van der Waals surface area contributed by atoms with Crippen molar-refractivity contribution >= 4 is 39.6 Å². The van der Waals surface area contributed by atoms with E-state index in [1.165, 1.54) is 45.4 Å². The molecular formula is C20H19BrFNO5. The van der Waals surface area contributed by atoms with Gasteiger partial charge in [-0.15, -0.1) is 0 Å². The number of hydrogen-bond acceptors (Lipinski definition) is 5. The van der Waals surface area contributed by atoms with Crippen molar-refractivity contribution in [2.45, 2.75) is 13.0 Å². The molecular weight excluding hydrogens is 433 g/mol. The number of carbonyl (C=O) groups excluding carboxylic acids is 2. The monoisotopic (exact) mass is 451 g/mol. The molecule has 0 saturated heterocycles. The molecule has 0 saturated carbocycles. The molecule has 1 N–H and O–H groups in total. The molecule has 0 radical (unpaired) electrons. The smallest absolute Gasteiger partial charge is 0.331 e. The molecule has 2 rings (SSSR count). The summed E-state index contributed by atoms with van der Waals surface area (Å²) in [5, 5.41) is 2.38. The molecule has 2 aromatic carbocycles. The Hall–Kier alpha value is -2.87. The van der Waals surface area contributed by atoms with Crippen molar-refractivity contribution in [3.8, 4) is 11.5 Å². The van der Waals surface area contributed by atoms with E-state index in [1.807, 2.05) is 0 Å². The predicted molar refractivity (Wildman–Crippen MR) is 107 cm³/mol. The zero-order valence-corrected chi connectivity index (χ0v) is 17.1. The second-order valence-corrected chi connectivity index (χ2v) is 6.52. The third-order valence-corrected chi connectivity index (χ3v) is 4.18. The number of carbonyl (C=O) groups is 2. The summed E-state index contributed by atoms with van der Waals surface area (Å²) in [6.07, 6.45) is 1.54. The fourth-order valence-electron chi connectivity index (χ4n) is 2.29. The summed E-state index contributed by atoms with van der Waals surface area (Å²) >= 11 is 3.13. The van der Waals surface area contributed by atoms with Gasteiger partial charge in [0.1, 0.15) is 5.82 Å². The van der Waals surface area contributed by atoms with Crippen LogP contribution < -0.4 is 14.8 Å². The van der Waals surface area contributed by atoms with Gasteiger partial charge in [0, 0.05) is 16.1 Å². The Labute approximate surface area is 170 Å². The Kier molecular flexibility index (Phi) is 7.57. The van der Waals surface area contributed by atoms with Crippen LogP contribution in [0.15, 0.2) is 46.9 Å². The second-order valence-electron chi connectivity index (χ2n) is 5.61. The van der Waals surface area contributed by atoms with Crippen LogP contribution in [0.5, 0.6) is 11.5 Å². The van der Waals surface area contributed by atoms with Crippen LogP contribution in [0.1, 0.15) is 12.5 Å². The molecule has 2 aromatic rings. The lowest BCUT2D eigenvalue weighted by Crippen LogP contribution is -2.29. The summed E-state index contributed by atoms with van der Waals surface area (Å²) in [4.78, 5) is 24.1. The molecule has 0 aliphatic heterocycles. The number of methoxy groups -OCH3 is 2. The minimum atomic E-state index is -1.12. The quantitative estimate of drug-likeness (QED) is 0.504. The molecule has 28 heavy (non-hydrogen) atoms. The number of esters is 1. The van der Waals surface area contributed by atoms with Crippen molar-refractivity contribution in [3.63, 3.8) is 0 Å². The number of amides is 1. The lowest BCUT2D eigenvalue weighted by atomic mass is 10.1. The molecule has 1 unspecified atom stereocenters. The Morgan fingerprint density at radius 2 is 1.93 bits per heavy atom. The van der Waals surface area contributed by atoms with Gasteiger partial charge in [0.25, 0.3) is 5.91 Å². The minimum Gasteiger partial charge on any atom is -0.493 e. The van der Waals surface area contributed by atoms with Crippen LogP contribution in [0, 0.1) is 5.82 Å². The zero-order chi connectivity index (χ0) is 20.7. The number of benzene rings is 2. The molecule has 0 heterocycles. The first-order chi connectivity index (χ1) is 13.3. The van der Waals surface area contributed by atoms with Crippen molar-refractivity contribution < 1.29 is 28.2 Å². The molecule has 1 atom stereocenters. The predicted octanol–water partition coefficient (Wildman–Crippen LogP) is 4.19. The summed E-state index contributed by atoms with van der Waals surface area (Å²) in [5.74, 6) is -1.01. The number of para-hydroxylation sites is 1. The van der Waals surface area contributed by atoms with Gasteiger partial charge < -0.3 is 19.5 Å². The van der Waals surface area contributed by atoms with Crippen molar-refractivity contribution in [2.24, 2.45) is 0 Å². The first-order valence-corrected chi connectivity index (χ1v) is 9.00. The summed E-state index contributed by atoms with van der Waals surface area (Å²) in [5.41, 5.74) is 0.598. The molecule has 6 nitrogen and oxygen atoms in total. The Bertz CT molecular complexity index is 900. The lowest BCUT2D eigenvalue weighted by molar-refractivity contribution is -0.148. The molecule has 0 aliphatic carbocycles. The topological polar surface area (TPSA) is 73.9 Å². The normalized spacial score (nSPS) is 11.8. The van der Waals surface area contributed by atoms with E-state index in [2.05, 4.69) is 21.2 Å². The summed E-state index contributed by atoms with van der Waals surface area (Å²) < 4.78 is 29.9. The van der Waals surface area contributed by atoms with E-state index < -0.39 is 23.8 Å². The van der Waals surface area contributed by atoms with Crippen LogP contribution in [0.4, 0.5) is 10.1 Å². The number of hydrogen-bond donors (Lipinski definition) is 1. The highest BCUT2D eigenvalue weighted by molar-refractivity contribution is 9.10. The second kappa shape index (κ2) is 9.89. The van der Waals surface area contributed by atoms with Gasteiger partial charge in [0.2, 0.25) is 0 Å². The summed E-state index contributed by atoms with van der Waals surface area (Å²) in [7, 11) is 3.00. The maximum Gasteiger partial charge on any atom is 0.331 e. The summed E-state index contributed by atoms with van der Waals surface area (Å²) in [6.45, 7) is 1.39. The highest BCUT2D eigenvalue weighted by Gasteiger charge is 2.18. The average Bonchev–Trinajstić information content (AvgIpc) is 2.67. The SMILES string of the molecule is COc1cccc(/C=C/C(=O)OC(C)C(=O)Nc2ccc(Br)cc2F)c1OC. The lowest BCUT2D eigenvalue weighted by Gasteiger charge is -2.13. The van der Waals surface area contributed by atoms with E-state index >= 15 is 0 Å². The average molecular weight is 452 g/mol. The molecule has 1 amide bonds. The molecule has 0 aliphatic rings. The standard InChI is InChI=1S/C20H19BrFNO5/c1-12(20(25)23-16-9-8-14(21)11-15(16)22)28-18(24)10-7-13-5-4-6-17(26-2)19(13)27-3/h4-12H,1-3H3,(H,23,25)/b10-7+. The maximum atomic E-state index is 13.8. The third-order valence-electron chi connectivity index (χ3n) is 3.68. The van der Waals surface area contributed by atoms with Gasteiger partial charge in [-0.3, -0.25) is 4.79 Å². The summed E-state index contributed by atoms with van der Waals surface area (Å²) in [6, 6.07) is 9.41. The highest BCUT2D eigenvalue weighted by atomic mass is 79.9. The first kappa shape index (κ1) is 21.4. The Morgan fingerprint density at radius 3 is 2.57 bits per heavy atom. The fourth-order valence-corrected chi connectivity index (χ4v) is 2.63. The van der Waals surface area contributed by atoms with Gasteiger partial charge in [-0.05, 0) is 37.3 Å². The van der Waals surface area contributed by atoms with Crippen molar-refractivity contribution in [3.05, 3.63) is 58.3 Å². The van der Waals surface area contributed by atoms with E-state index in [0.717, 1.165) is 0 Å². The van der Waals surface area contributed by atoms with Gasteiger partial charge in [-0.1, -0.05) is 28.1 Å². The molecule has 8 heteroatoms. The Balaban J connectivity index is 2.00. The van der Waals surface area contributed by atoms with Crippen molar-refractivity contribution in [1.29, 1.82) is 0 Å². The number of nitrogens with one attached hydrogen (secondary N) is 1. The van der Waals surface area contributed by atoms with Gasteiger partial charge in [-0.2, -0.15) is 0 Å². The number of rotatable bonds is 7. The van der Waals surface area contributed by atoms with E-state index in [9.17, 15) is 14.0 Å². The van der Waals surface area contributed by atoms with Crippen LogP contribution in [0.25, 0.3) is 6.08 Å². The third kappa shape index (κ3) is 5.56. The van der Waals surface area contributed by atoms with Crippen molar-refractivity contribution in [2.75, 3.05) is 19.5 Å². The van der Waals surface area contributed by atoms with Crippen LogP contribution in [0.2, 0.25) is 0 Å². The minimum absolute atomic E-state index is 0.00671. The van der Waals surface area contributed by atoms with E-state index in [0.29, 0.717) is 21.5 Å². The van der Waals surface area contributed by atoms with Gasteiger partial charge in [0.15, 0.2) is 17.6 Å². The highest BCUT2D eigenvalue weighted by Crippen LogP contribution is 2.31. The number of ether oxygens (including phenoxy) is 3. The van der Waals surface area contributed by atoms with E-state index in [-0.39, 0.29) is 5.69 Å². The number of halogens is 2. The van der Waals surface area contributed by atoms with Crippen LogP contribution in [0.3, 0.4) is 0 Å².